The number of aliphatic imine (C=N–C) groups is 1. The lowest BCUT2D eigenvalue weighted by Gasteiger charge is -2.20. The molecule has 0 bridgehead atoms. The number of para-hydroxylation sites is 1. The van der Waals surface area contributed by atoms with Gasteiger partial charge in [0.05, 0.1) is 24.1 Å². The summed E-state index contributed by atoms with van der Waals surface area (Å²) in [4.78, 5) is 4.68. The normalized spacial score (nSPS) is 23.3. The van der Waals surface area contributed by atoms with Gasteiger partial charge in [0.2, 0.25) is 0 Å². The fourth-order valence-corrected chi connectivity index (χ4v) is 2.07. The maximum absolute atomic E-state index is 8.88. The lowest BCUT2D eigenvalue weighted by atomic mass is 10.1. The van der Waals surface area contributed by atoms with Crippen molar-refractivity contribution in [3.8, 4) is 0 Å². The van der Waals surface area contributed by atoms with Crippen LogP contribution in [0.4, 0.5) is 5.69 Å². The third-order valence-electron chi connectivity index (χ3n) is 3.04. The highest BCUT2D eigenvalue weighted by atomic mass is 16.5. The van der Waals surface area contributed by atoms with Gasteiger partial charge in [-0.05, 0) is 19.9 Å². The summed E-state index contributed by atoms with van der Waals surface area (Å²) in [6.45, 7) is 4.56. The van der Waals surface area contributed by atoms with Gasteiger partial charge in [-0.3, -0.25) is 4.99 Å². The summed E-state index contributed by atoms with van der Waals surface area (Å²) < 4.78 is 5.50. The van der Waals surface area contributed by atoms with Crippen LogP contribution in [0, 0.1) is 0 Å². The summed E-state index contributed by atoms with van der Waals surface area (Å²) in [6.07, 6.45) is 1.97. The largest absolute Gasteiger partial charge is 0.411 e. The zero-order valence-corrected chi connectivity index (χ0v) is 10.8. The van der Waals surface area contributed by atoms with Gasteiger partial charge in [-0.15, -0.1) is 0 Å². The summed E-state index contributed by atoms with van der Waals surface area (Å²) in [7, 11) is 0. The van der Waals surface area contributed by atoms with Crippen molar-refractivity contribution in [1.82, 2.24) is 0 Å². The second-order valence-electron chi connectivity index (χ2n) is 4.52. The van der Waals surface area contributed by atoms with Crippen LogP contribution in [-0.4, -0.2) is 29.3 Å². The Morgan fingerprint density at radius 1 is 1.39 bits per heavy atom. The number of benzene rings is 1. The summed E-state index contributed by atoms with van der Waals surface area (Å²) in [6, 6.07) is 7.71. The van der Waals surface area contributed by atoms with E-state index >= 15 is 0 Å². The molecule has 1 saturated heterocycles. The van der Waals surface area contributed by atoms with Crippen molar-refractivity contribution in [3.05, 3.63) is 29.8 Å². The summed E-state index contributed by atoms with van der Waals surface area (Å²) in [5.41, 5.74) is 3.45. The molecule has 96 valence electrons. The van der Waals surface area contributed by atoms with Gasteiger partial charge in [-0.25, -0.2) is 0 Å². The number of hydrogen-bond acceptors (Lipinski definition) is 4. The maximum Gasteiger partial charge on any atom is 0.0858 e. The smallest absolute Gasteiger partial charge is 0.0858 e. The standard InChI is InChI=1S/C14H18N2O2/c1-10-9-12(7-8-18-10)15-14-6-4-3-5-13(14)11(2)16-17/h3-6,10,17H,7-9H2,1-2H3. The molecule has 0 radical (unpaired) electrons. The molecular weight excluding hydrogens is 228 g/mol. The highest BCUT2D eigenvalue weighted by Gasteiger charge is 2.15. The van der Waals surface area contributed by atoms with Crippen molar-refractivity contribution in [2.24, 2.45) is 10.1 Å². The van der Waals surface area contributed by atoms with Crippen LogP contribution in [0.15, 0.2) is 34.4 Å². The topological polar surface area (TPSA) is 54.2 Å². The van der Waals surface area contributed by atoms with E-state index in [9.17, 15) is 0 Å². The van der Waals surface area contributed by atoms with Crippen LogP contribution >= 0.6 is 0 Å². The fourth-order valence-electron chi connectivity index (χ4n) is 2.07. The summed E-state index contributed by atoms with van der Waals surface area (Å²) >= 11 is 0. The Bertz CT molecular complexity index is 480. The molecule has 0 spiro atoms. The molecule has 0 aromatic heterocycles. The molecule has 2 rings (SSSR count). The fraction of sp³-hybridized carbons (Fsp3) is 0.429. The Morgan fingerprint density at radius 3 is 2.89 bits per heavy atom. The van der Waals surface area contributed by atoms with Crippen LogP contribution < -0.4 is 0 Å². The molecule has 1 aromatic carbocycles. The highest BCUT2D eigenvalue weighted by molar-refractivity contribution is 6.03. The average molecular weight is 246 g/mol. The van der Waals surface area contributed by atoms with Crippen molar-refractivity contribution in [3.63, 3.8) is 0 Å². The molecular formula is C14H18N2O2. The van der Waals surface area contributed by atoms with Gasteiger partial charge < -0.3 is 9.94 Å². The molecule has 0 saturated carbocycles. The summed E-state index contributed by atoms with van der Waals surface area (Å²) in [5.74, 6) is 0. The number of ether oxygens (including phenoxy) is 1. The molecule has 1 aliphatic rings. The lowest BCUT2D eigenvalue weighted by Crippen LogP contribution is -2.22. The second-order valence-corrected chi connectivity index (χ2v) is 4.52. The number of oxime groups is 1. The van der Waals surface area contributed by atoms with E-state index in [0.29, 0.717) is 5.71 Å². The van der Waals surface area contributed by atoms with Crippen molar-refractivity contribution >= 4 is 17.1 Å². The Labute approximate surface area is 107 Å². The van der Waals surface area contributed by atoms with E-state index in [-0.39, 0.29) is 6.10 Å². The molecule has 1 atom stereocenters. The number of rotatable bonds is 2. The van der Waals surface area contributed by atoms with Gasteiger partial charge >= 0.3 is 0 Å². The molecule has 0 aliphatic carbocycles. The molecule has 1 aliphatic heterocycles. The predicted molar refractivity (Wildman–Crippen MR) is 72.2 cm³/mol. The molecule has 1 fully saturated rings. The van der Waals surface area contributed by atoms with Crippen molar-refractivity contribution < 1.29 is 9.94 Å². The van der Waals surface area contributed by atoms with Gasteiger partial charge in [-0.2, -0.15) is 0 Å². The molecule has 1 unspecified atom stereocenters. The highest BCUT2D eigenvalue weighted by Crippen LogP contribution is 2.22. The SMILES string of the molecule is CC(=NO)c1ccccc1N=C1CCOC(C)C1. The molecule has 1 heterocycles. The first-order chi connectivity index (χ1) is 8.70. The van der Waals surface area contributed by atoms with E-state index in [0.717, 1.165) is 36.4 Å². The molecule has 4 nitrogen and oxygen atoms in total. The van der Waals surface area contributed by atoms with Crippen LogP contribution in [0.5, 0.6) is 0 Å². The maximum atomic E-state index is 8.88. The van der Waals surface area contributed by atoms with E-state index in [1.807, 2.05) is 24.3 Å². The monoisotopic (exact) mass is 246 g/mol. The first-order valence-electron chi connectivity index (χ1n) is 6.17. The minimum absolute atomic E-state index is 0.234. The minimum atomic E-state index is 0.234. The van der Waals surface area contributed by atoms with Gasteiger partial charge in [0, 0.05) is 24.1 Å². The first-order valence-corrected chi connectivity index (χ1v) is 6.17. The third-order valence-corrected chi connectivity index (χ3v) is 3.04. The first kappa shape index (κ1) is 12.8. The average Bonchev–Trinajstić information content (AvgIpc) is 2.38. The Morgan fingerprint density at radius 2 is 2.17 bits per heavy atom. The van der Waals surface area contributed by atoms with E-state index in [1.165, 1.54) is 0 Å². The Hall–Kier alpha value is -1.68. The molecule has 1 aromatic rings. The van der Waals surface area contributed by atoms with E-state index in [4.69, 9.17) is 9.94 Å². The van der Waals surface area contributed by atoms with Crippen LogP contribution in [0.1, 0.15) is 32.3 Å². The van der Waals surface area contributed by atoms with Crippen molar-refractivity contribution in [1.29, 1.82) is 0 Å². The Kier molecular flexibility index (Phi) is 4.10. The number of nitrogens with zero attached hydrogens (tertiary/aromatic N) is 2. The zero-order valence-electron chi connectivity index (χ0n) is 10.8. The van der Waals surface area contributed by atoms with Crippen LogP contribution in [0.2, 0.25) is 0 Å². The lowest BCUT2D eigenvalue weighted by molar-refractivity contribution is 0.0634. The number of hydrogen-bond donors (Lipinski definition) is 1. The van der Waals surface area contributed by atoms with Crippen molar-refractivity contribution in [2.75, 3.05) is 6.61 Å². The summed E-state index contributed by atoms with van der Waals surface area (Å²) in [5, 5.41) is 12.1. The van der Waals surface area contributed by atoms with Gasteiger partial charge in [0.1, 0.15) is 0 Å². The van der Waals surface area contributed by atoms with Crippen LogP contribution in [-0.2, 0) is 4.74 Å². The van der Waals surface area contributed by atoms with Crippen LogP contribution in [0.3, 0.4) is 0 Å². The zero-order chi connectivity index (χ0) is 13.0. The predicted octanol–water partition coefficient (Wildman–Crippen LogP) is 3.16. The second kappa shape index (κ2) is 5.78. The molecule has 1 N–H and O–H groups in total. The van der Waals surface area contributed by atoms with Crippen molar-refractivity contribution in [2.45, 2.75) is 32.8 Å². The molecule has 4 heteroatoms. The van der Waals surface area contributed by atoms with Gasteiger partial charge in [0.25, 0.3) is 0 Å². The third kappa shape index (κ3) is 2.96. The van der Waals surface area contributed by atoms with E-state index < -0.39 is 0 Å². The van der Waals surface area contributed by atoms with E-state index in [1.54, 1.807) is 6.92 Å². The minimum Gasteiger partial charge on any atom is -0.411 e. The quantitative estimate of drug-likeness (QED) is 0.495. The van der Waals surface area contributed by atoms with Crippen LogP contribution in [0.25, 0.3) is 0 Å². The van der Waals surface area contributed by atoms with E-state index in [2.05, 4.69) is 17.1 Å². The molecule has 18 heavy (non-hydrogen) atoms. The Balaban J connectivity index is 2.31. The van der Waals surface area contributed by atoms with Gasteiger partial charge in [0.15, 0.2) is 0 Å². The van der Waals surface area contributed by atoms with Gasteiger partial charge in [-0.1, -0.05) is 23.4 Å². The molecule has 0 amide bonds.